The van der Waals surface area contributed by atoms with E-state index in [1.54, 1.807) is 20.8 Å². The van der Waals surface area contributed by atoms with Gasteiger partial charge in [-0.2, -0.15) is 0 Å². The molecular weight excluding hydrogens is 492 g/mol. The number of alkyl halides is 1. The predicted octanol–water partition coefficient (Wildman–Crippen LogP) is 4.40. The first kappa shape index (κ1) is 26.5. The van der Waals surface area contributed by atoms with Crippen molar-refractivity contribution in [2.75, 3.05) is 12.0 Å². The Kier molecular flexibility index (Phi) is 6.92. The van der Waals surface area contributed by atoms with Crippen LogP contribution < -0.4 is 10.6 Å². The predicted molar refractivity (Wildman–Crippen MR) is 138 cm³/mol. The molecule has 0 spiro atoms. The number of hydrogen-bond acceptors (Lipinski definition) is 4. The second-order valence-corrected chi connectivity index (χ2v) is 11.5. The molecule has 5 atom stereocenters. The molecule has 2 aromatic rings. The minimum Gasteiger partial charge on any atom is -0.390 e. The number of anilines is 1. The molecule has 1 aromatic carbocycles. The average molecular weight is 528 g/mol. The van der Waals surface area contributed by atoms with E-state index in [2.05, 4.69) is 10.6 Å². The van der Waals surface area contributed by atoms with E-state index in [1.807, 2.05) is 0 Å². The molecule has 3 fully saturated rings. The largest absolute Gasteiger partial charge is 0.390 e. The quantitative estimate of drug-likeness (QED) is 0.367. The number of rotatable bonds is 7. The number of aromatic nitrogens is 1. The maximum Gasteiger partial charge on any atom is 0.294 e. The molecule has 0 radical (unpaired) electrons. The van der Waals surface area contributed by atoms with Crippen molar-refractivity contribution in [3.63, 3.8) is 0 Å². The second-order valence-electron chi connectivity index (χ2n) is 11.5. The van der Waals surface area contributed by atoms with Gasteiger partial charge < -0.3 is 20.3 Å². The lowest BCUT2D eigenvalue weighted by molar-refractivity contribution is -0.128. The number of Topliss-reactive ketones (excluding diaryl/α,β-unsaturated/α-hetero) is 1. The first-order chi connectivity index (χ1) is 18.0. The normalized spacial score (nSPS) is 27.7. The summed E-state index contributed by atoms with van der Waals surface area (Å²) in [6.07, 6.45) is 4.90. The molecule has 3 unspecified atom stereocenters. The van der Waals surface area contributed by atoms with Crippen molar-refractivity contribution in [1.82, 2.24) is 9.88 Å². The summed E-state index contributed by atoms with van der Waals surface area (Å²) < 4.78 is 28.6. The molecule has 5 rings (SSSR count). The van der Waals surface area contributed by atoms with Crippen molar-refractivity contribution in [2.24, 2.45) is 17.8 Å². The summed E-state index contributed by atoms with van der Waals surface area (Å²) >= 11 is 0. The highest BCUT2D eigenvalue weighted by molar-refractivity contribution is 6.43. The Morgan fingerprint density at radius 2 is 1.84 bits per heavy atom. The number of nitrogens with zero attached hydrogens (tertiary/aromatic N) is 1. The van der Waals surface area contributed by atoms with Gasteiger partial charge in [-0.15, -0.1) is 0 Å². The first-order valence-electron chi connectivity index (χ1n) is 13.4. The standard InChI is InChI=1S/C29H35F2N3O4/c1-15-10-21(4-5-22(15)31)32-27(36)24-16(2)25(34(9-8-30)17(24)3)26(35)28(37)33-23-12-18-6-7-29(38)13-19(18)11-20(23)14-29/h4-5,10,18-20,23,38H,6-9,11-14H2,1-3H3,(H,32,36)(H,33,37)/t18?,19?,20?,23-,29+/m1/s1. The lowest BCUT2D eigenvalue weighted by atomic mass is 9.54. The monoisotopic (exact) mass is 527 g/mol. The van der Waals surface area contributed by atoms with Crippen LogP contribution in [-0.4, -0.2) is 45.6 Å². The maximum atomic E-state index is 13.7. The number of fused-ring (bicyclic) bond motifs is 2. The van der Waals surface area contributed by atoms with E-state index in [1.165, 1.54) is 22.8 Å². The van der Waals surface area contributed by atoms with Gasteiger partial charge in [0.2, 0.25) is 0 Å². The Hall–Kier alpha value is -3.07. The molecule has 2 amide bonds. The van der Waals surface area contributed by atoms with Gasteiger partial charge in [-0.25, -0.2) is 8.78 Å². The highest BCUT2D eigenvalue weighted by Crippen LogP contribution is 2.54. The molecule has 0 saturated heterocycles. The van der Waals surface area contributed by atoms with Gasteiger partial charge in [0.25, 0.3) is 17.6 Å². The Labute approximate surface area is 221 Å². The number of carbonyl (C=O) groups is 3. The summed E-state index contributed by atoms with van der Waals surface area (Å²) in [4.78, 5) is 39.9. The number of ketones is 1. The van der Waals surface area contributed by atoms with E-state index >= 15 is 0 Å². The van der Waals surface area contributed by atoms with Crippen LogP contribution in [0.2, 0.25) is 0 Å². The van der Waals surface area contributed by atoms with Gasteiger partial charge in [0, 0.05) is 17.4 Å². The van der Waals surface area contributed by atoms with Crippen molar-refractivity contribution >= 4 is 23.3 Å². The van der Waals surface area contributed by atoms with E-state index in [-0.39, 0.29) is 29.8 Å². The van der Waals surface area contributed by atoms with Gasteiger partial charge >= 0.3 is 0 Å². The molecule has 0 aliphatic heterocycles. The molecular formula is C29H35F2N3O4. The van der Waals surface area contributed by atoms with Crippen LogP contribution in [0, 0.1) is 44.3 Å². The van der Waals surface area contributed by atoms with Gasteiger partial charge in [-0.3, -0.25) is 14.4 Å². The summed E-state index contributed by atoms with van der Waals surface area (Å²) in [6.45, 7) is 3.82. The van der Waals surface area contributed by atoms with Crippen LogP contribution in [0.5, 0.6) is 0 Å². The lowest BCUT2D eigenvalue weighted by Gasteiger charge is -2.55. The molecule has 9 heteroatoms. The minimum atomic E-state index is -0.808. The summed E-state index contributed by atoms with van der Waals surface area (Å²) in [7, 11) is 0. The number of halogens is 2. The van der Waals surface area contributed by atoms with Crippen LogP contribution in [0.4, 0.5) is 14.5 Å². The Morgan fingerprint density at radius 1 is 1.11 bits per heavy atom. The zero-order valence-corrected chi connectivity index (χ0v) is 22.1. The van der Waals surface area contributed by atoms with Crippen molar-refractivity contribution < 1.29 is 28.3 Å². The van der Waals surface area contributed by atoms with Crippen molar-refractivity contribution in [3.8, 4) is 0 Å². The second kappa shape index (κ2) is 9.91. The van der Waals surface area contributed by atoms with E-state index in [0.717, 1.165) is 32.1 Å². The summed E-state index contributed by atoms with van der Waals surface area (Å²) in [5.41, 5.74) is 0.926. The Morgan fingerprint density at radius 3 is 2.55 bits per heavy atom. The van der Waals surface area contributed by atoms with Crippen molar-refractivity contribution in [3.05, 3.63) is 52.1 Å². The maximum absolute atomic E-state index is 13.7. The van der Waals surface area contributed by atoms with Crippen LogP contribution in [0.3, 0.4) is 0 Å². The summed E-state index contributed by atoms with van der Waals surface area (Å²) in [5, 5.41) is 16.6. The highest BCUT2D eigenvalue weighted by Gasteiger charge is 2.51. The average Bonchev–Trinajstić information content (AvgIpc) is 3.10. The third kappa shape index (κ3) is 4.65. The third-order valence-electron chi connectivity index (χ3n) is 9.12. The Balaban J connectivity index is 1.38. The molecule has 3 saturated carbocycles. The molecule has 204 valence electrons. The zero-order valence-electron chi connectivity index (χ0n) is 22.1. The zero-order chi connectivity index (χ0) is 27.4. The molecule has 1 heterocycles. The Bertz CT molecular complexity index is 1310. The van der Waals surface area contributed by atoms with Crippen LogP contribution in [0.15, 0.2) is 18.2 Å². The fraction of sp³-hybridized carbons (Fsp3) is 0.552. The van der Waals surface area contributed by atoms with Crippen molar-refractivity contribution in [2.45, 2.75) is 77.5 Å². The van der Waals surface area contributed by atoms with Gasteiger partial charge in [0.1, 0.15) is 12.5 Å². The third-order valence-corrected chi connectivity index (χ3v) is 9.12. The van der Waals surface area contributed by atoms with E-state index in [9.17, 15) is 28.3 Å². The van der Waals surface area contributed by atoms with Crippen LogP contribution in [-0.2, 0) is 11.3 Å². The molecule has 3 aliphatic rings. The number of hydrogen-bond donors (Lipinski definition) is 3. The molecule has 3 bridgehead atoms. The van der Waals surface area contributed by atoms with E-state index in [0.29, 0.717) is 40.8 Å². The number of nitrogens with one attached hydrogen (secondary N) is 2. The van der Waals surface area contributed by atoms with Gasteiger partial charge in [-0.05, 0) is 106 Å². The number of amides is 2. The highest BCUT2D eigenvalue weighted by atomic mass is 19.1. The number of carbonyl (C=O) groups excluding carboxylic acids is 3. The van der Waals surface area contributed by atoms with Crippen molar-refractivity contribution in [1.29, 1.82) is 0 Å². The molecule has 3 N–H and O–H groups in total. The van der Waals surface area contributed by atoms with Gasteiger partial charge in [-0.1, -0.05) is 0 Å². The van der Waals surface area contributed by atoms with Crippen LogP contribution >= 0.6 is 0 Å². The fourth-order valence-electron chi connectivity index (χ4n) is 7.32. The number of benzene rings is 1. The summed E-state index contributed by atoms with van der Waals surface area (Å²) in [6, 6.07) is 3.99. The molecule has 3 aliphatic carbocycles. The van der Waals surface area contributed by atoms with Crippen LogP contribution in [0.1, 0.15) is 76.2 Å². The summed E-state index contributed by atoms with van der Waals surface area (Å²) in [5.74, 6) is -1.49. The fourth-order valence-corrected chi connectivity index (χ4v) is 7.32. The minimum absolute atomic E-state index is 0.00411. The first-order valence-corrected chi connectivity index (χ1v) is 13.4. The van der Waals surface area contributed by atoms with Gasteiger partial charge in [0.15, 0.2) is 0 Å². The van der Waals surface area contributed by atoms with E-state index < -0.39 is 35.7 Å². The number of aliphatic hydroxyl groups is 1. The lowest BCUT2D eigenvalue weighted by Crippen LogP contribution is -2.57. The smallest absolute Gasteiger partial charge is 0.294 e. The van der Waals surface area contributed by atoms with E-state index in [4.69, 9.17) is 0 Å². The molecule has 7 nitrogen and oxygen atoms in total. The van der Waals surface area contributed by atoms with Gasteiger partial charge in [0.05, 0.1) is 23.4 Å². The topological polar surface area (TPSA) is 100 Å². The molecule has 38 heavy (non-hydrogen) atoms. The molecule has 1 aromatic heterocycles. The van der Waals surface area contributed by atoms with Crippen LogP contribution in [0.25, 0.3) is 0 Å². The number of aryl methyl sites for hydroxylation is 1. The SMILES string of the molecule is Cc1cc(NC(=O)c2c(C)c(C(=O)C(=O)N[C@@H]3CC4CC[C@]5(O)CC4CC3C5)n(CCF)c2C)ccc1F.